The van der Waals surface area contributed by atoms with Gasteiger partial charge in [-0.25, -0.2) is 8.42 Å². The van der Waals surface area contributed by atoms with Gasteiger partial charge in [0.25, 0.3) is 0 Å². The van der Waals surface area contributed by atoms with Gasteiger partial charge in [0.05, 0.1) is 19.1 Å². The topological polar surface area (TPSA) is 96.0 Å². The van der Waals surface area contributed by atoms with Gasteiger partial charge in [0, 0.05) is 18.1 Å². The molecule has 0 unspecified atom stereocenters. The lowest BCUT2D eigenvalue weighted by molar-refractivity contribution is -0.139. The van der Waals surface area contributed by atoms with Crippen LogP contribution < -0.4 is 14.4 Å². The third kappa shape index (κ3) is 7.63. The van der Waals surface area contributed by atoms with Crippen LogP contribution in [0.25, 0.3) is 0 Å². The molecule has 0 aliphatic carbocycles. The van der Waals surface area contributed by atoms with E-state index in [0.717, 1.165) is 29.0 Å². The number of para-hydroxylation sites is 2. The number of unbranched alkanes of at least 4 members (excludes halogenated alkanes) is 1. The minimum Gasteiger partial charge on any atom is -0.495 e. The summed E-state index contributed by atoms with van der Waals surface area (Å²) in [6.45, 7) is 3.73. The highest BCUT2D eigenvalue weighted by Crippen LogP contribution is 2.29. The predicted octanol–water partition coefficient (Wildman–Crippen LogP) is 3.45. The second kappa shape index (κ2) is 12.6. The van der Waals surface area contributed by atoms with Crippen molar-refractivity contribution in [3.8, 4) is 5.75 Å². The van der Waals surface area contributed by atoms with E-state index in [4.69, 9.17) is 16.3 Å². The molecule has 0 heterocycles. The molecule has 0 aromatic heterocycles. The highest BCUT2D eigenvalue weighted by atomic mass is 35.5. The molecule has 0 fully saturated rings. The number of carbonyl (C=O) groups excluding carboxylic acids is 2. The highest BCUT2D eigenvalue weighted by molar-refractivity contribution is 7.92. The smallest absolute Gasteiger partial charge is 0.244 e. The van der Waals surface area contributed by atoms with E-state index in [1.54, 1.807) is 55.5 Å². The third-order valence-electron chi connectivity index (χ3n) is 5.27. The van der Waals surface area contributed by atoms with Crippen LogP contribution in [0, 0.1) is 0 Å². The van der Waals surface area contributed by atoms with Crippen molar-refractivity contribution in [2.24, 2.45) is 0 Å². The number of nitrogens with zero attached hydrogens (tertiary/aromatic N) is 2. The standard InChI is InChI=1S/C24H32ClN3O5S/c1-5-6-14-26-24(30)18(2)27(16-19-10-9-11-20(25)15-19)23(29)17-28(34(4,31)32)21-12-7-8-13-22(21)33-3/h7-13,15,18H,5-6,14,16-17H2,1-4H3,(H,26,30)/t18-/m0/s1. The number of amides is 2. The highest BCUT2D eigenvalue weighted by Gasteiger charge is 2.31. The average molecular weight is 510 g/mol. The molecular weight excluding hydrogens is 478 g/mol. The Morgan fingerprint density at radius 1 is 1.15 bits per heavy atom. The Balaban J connectivity index is 2.38. The molecule has 2 aromatic carbocycles. The first-order valence-corrected chi connectivity index (χ1v) is 13.2. The van der Waals surface area contributed by atoms with Gasteiger partial charge < -0.3 is 15.0 Å². The summed E-state index contributed by atoms with van der Waals surface area (Å²) in [6, 6.07) is 12.7. The monoisotopic (exact) mass is 509 g/mol. The summed E-state index contributed by atoms with van der Waals surface area (Å²) < 4.78 is 31.6. The number of halogens is 1. The number of ether oxygens (including phenoxy) is 1. The fourth-order valence-corrected chi connectivity index (χ4v) is 4.45. The Hall–Kier alpha value is -2.78. The molecule has 0 aliphatic rings. The Bertz CT molecular complexity index is 1090. The molecule has 2 rings (SSSR count). The second-order valence-corrected chi connectivity index (χ2v) is 10.3. The molecule has 1 atom stereocenters. The molecule has 0 saturated carbocycles. The van der Waals surface area contributed by atoms with Crippen LogP contribution in [0.1, 0.15) is 32.3 Å². The van der Waals surface area contributed by atoms with Crippen LogP contribution in [0.4, 0.5) is 5.69 Å². The van der Waals surface area contributed by atoms with E-state index >= 15 is 0 Å². The maximum absolute atomic E-state index is 13.5. The number of rotatable bonds is 12. The van der Waals surface area contributed by atoms with E-state index in [1.165, 1.54) is 12.0 Å². The van der Waals surface area contributed by atoms with Gasteiger partial charge in [0.2, 0.25) is 21.8 Å². The maximum Gasteiger partial charge on any atom is 0.244 e. The molecule has 10 heteroatoms. The quantitative estimate of drug-likeness (QED) is 0.442. The van der Waals surface area contributed by atoms with Gasteiger partial charge in [-0.3, -0.25) is 13.9 Å². The first kappa shape index (κ1) is 27.5. The van der Waals surface area contributed by atoms with Gasteiger partial charge in [0.15, 0.2) is 0 Å². The van der Waals surface area contributed by atoms with E-state index in [1.807, 2.05) is 6.92 Å². The molecule has 0 spiro atoms. The Kier molecular flexibility index (Phi) is 10.2. The van der Waals surface area contributed by atoms with E-state index in [-0.39, 0.29) is 18.1 Å². The summed E-state index contributed by atoms with van der Waals surface area (Å²) in [5, 5.41) is 3.34. The molecule has 0 radical (unpaired) electrons. The fraction of sp³-hybridized carbons (Fsp3) is 0.417. The number of carbonyl (C=O) groups is 2. The minimum absolute atomic E-state index is 0.0886. The van der Waals surface area contributed by atoms with Crippen molar-refractivity contribution in [3.63, 3.8) is 0 Å². The Morgan fingerprint density at radius 2 is 1.85 bits per heavy atom. The van der Waals surface area contributed by atoms with Crippen LogP contribution in [-0.4, -0.2) is 57.6 Å². The summed E-state index contributed by atoms with van der Waals surface area (Å²) >= 11 is 6.11. The minimum atomic E-state index is -3.84. The molecule has 0 bridgehead atoms. The number of benzene rings is 2. The van der Waals surface area contributed by atoms with Crippen LogP contribution in [0.15, 0.2) is 48.5 Å². The van der Waals surface area contributed by atoms with Gasteiger partial charge in [-0.1, -0.05) is 49.2 Å². The van der Waals surface area contributed by atoms with E-state index in [0.29, 0.717) is 17.3 Å². The summed E-state index contributed by atoms with van der Waals surface area (Å²) in [6.07, 6.45) is 2.76. The van der Waals surface area contributed by atoms with Crippen molar-refractivity contribution < 1.29 is 22.7 Å². The molecule has 1 N–H and O–H groups in total. The van der Waals surface area contributed by atoms with Crippen molar-refractivity contribution in [1.29, 1.82) is 0 Å². The summed E-state index contributed by atoms with van der Waals surface area (Å²) in [5.41, 5.74) is 0.959. The molecule has 34 heavy (non-hydrogen) atoms. The molecule has 2 amide bonds. The average Bonchev–Trinajstić information content (AvgIpc) is 2.79. The lowest BCUT2D eigenvalue weighted by Crippen LogP contribution is -2.51. The van der Waals surface area contributed by atoms with Crippen LogP contribution in [-0.2, 0) is 26.2 Å². The Morgan fingerprint density at radius 3 is 2.47 bits per heavy atom. The van der Waals surface area contributed by atoms with Gasteiger partial charge >= 0.3 is 0 Å². The molecule has 8 nitrogen and oxygen atoms in total. The van der Waals surface area contributed by atoms with Crippen LogP contribution in [0.3, 0.4) is 0 Å². The fourth-order valence-electron chi connectivity index (χ4n) is 3.38. The zero-order valence-corrected chi connectivity index (χ0v) is 21.5. The number of nitrogens with one attached hydrogen (secondary N) is 1. The first-order chi connectivity index (χ1) is 16.1. The van der Waals surface area contributed by atoms with Crippen LogP contribution in [0.5, 0.6) is 5.75 Å². The van der Waals surface area contributed by atoms with Crippen LogP contribution >= 0.6 is 11.6 Å². The maximum atomic E-state index is 13.5. The molecule has 0 saturated heterocycles. The van der Waals surface area contributed by atoms with Gasteiger partial charge in [-0.15, -0.1) is 0 Å². The van der Waals surface area contributed by atoms with Gasteiger partial charge in [0.1, 0.15) is 18.3 Å². The van der Waals surface area contributed by atoms with Crippen molar-refractivity contribution >= 4 is 39.1 Å². The van der Waals surface area contributed by atoms with Crippen LogP contribution in [0.2, 0.25) is 5.02 Å². The molecule has 186 valence electrons. The summed E-state index contributed by atoms with van der Waals surface area (Å²) in [5.74, 6) is -0.533. The predicted molar refractivity (Wildman–Crippen MR) is 135 cm³/mol. The number of hydrogen-bond donors (Lipinski definition) is 1. The lowest BCUT2D eigenvalue weighted by Gasteiger charge is -2.31. The van der Waals surface area contributed by atoms with E-state index in [2.05, 4.69) is 5.32 Å². The molecule has 2 aromatic rings. The number of sulfonamides is 1. The van der Waals surface area contributed by atoms with Crippen molar-refractivity contribution in [2.45, 2.75) is 39.3 Å². The first-order valence-electron chi connectivity index (χ1n) is 11.0. The normalized spacial score (nSPS) is 12.0. The lowest BCUT2D eigenvalue weighted by atomic mass is 10.1. The zero-order valence-electron chi connectivity index (χ0n) is 20.0. The number of anilines is 1. The molecule has 0 aliphatic heterocycles. The SMILES string of the molecule is CCCCNC(=O)[C@H](C)N(Cc1cccc(Cl)c1)C(=O)CN(c1ccccc1OC)S(C)(=O)=O. The van der Waals surface area contributed by atoms with E-state index in [9.17, 15) is 18.0 Å². The van der Waals surface area contributed by atoms with Crippen molar-refractivity contribution in [3.05, 3.63) is 59.1 Å². The van der Waals surface area contributed by atoms with Gasteiger partial charge in [-0.2, -0.15) is 0 Å². The van der Waals surface area contributed by atoms with E-state index < -0.39 is 28.5 Å². The van der Waals surface area contributed by atoms with Gasteiger partial charge in [-0.05, 0) is 43.2 Å². The van der Waals surface area contributed by atoms with Crippen molar-refractivity contribution in [1.82, 2.24) is 10.2 Å². The third-order valence-corrected chi connectivity index (χ3v) is 6.63. The Labute approximate surface area is 206 Å². The largest absolute Gasteiger partial charge is 0.495 e. The summed E-state index contributed by atoms with van der Waals surface area (Å²) in [7, 11) is -2.41. The number of hydrogen-bond acceptors (Lipinski definition) is 5. The summed E-state index contributed by atoms with van der Waals surface area (Å²) in [4.78, 5) is 27.7. The molecular formula is C24H32ClN3O5S. The van der Waals surface area contributed by atoms with Crippen molar-refractivity contribution in [2.75, 3.05) is 30.8 Å². The number of methoxy groups -OCH3 is 1. The zero-order chi connectivity index (χ0) is 25.3. The second-order valence-electron chi connectivity index (χ2n) is 7.91.